The number of hydrogen-bond acceptors (Lipinski definition) is 4. The molecule has 0 aromatic carbocycles. The van der Waals surface area contributed by atoms with Crippen molar-refractivity contribution >= 4 is 11.8 Å². The molecule has 2 N–H and O–H groups in total. The van der Waals surface area contributed by atoms with Crippen molar-refractivity contribution in [2.75, 3.05) is 0 Å². The lowest BCUT2D eigenvalue weighted by Crippen LogP contribution is -2.18. The van der Waals surface area contributed by atoms with Gasteiger partial charge in [0.25, 0.3) is 0 Å². The molecule has 5 heteroatoms. The van der Waals surface area contributed by atoms with Crippen molar-refractivity contribution in [1.29, 1.82) is 0 Å². The fourth-order valence-electron chi connectivity index (χ4n) is 1.13. The van der Waals surface area contributed by atoms with Gasteiger partial charge in [-0.1, -0.05) is 25.9 Å². The Morgan fingerprint density at radius 1 is 1.53 bits per heavy atom. The maximum absolute atomic E-state index is 11.4. The molecule has 1 aromatic heterocycles. The van der Waals surface area contributed by atoms with Gasteiger partial charge in [-0.2, -0.15) is 0 Å². The van der Waals surface area contributed by atoms with Gasteiger partial charge in [0, 0.05) is 18.0 Å². The molecule has 0 bridgehead atoms. The molecule has 0 fully saturated rings. The highest BCUT2D eigenvalue weighted by Gasteiger charge is 2.17. The first kappa shape index (κ1) is 13.2. The number of amidine groups is 1. The average Bonchev–Trinajstić information content (AvgIpc) is 2.25. The van der Waals surface area contributed by atoms with Crippen LogP contribution < -0.4 is 5.73 Å². The van der Waals surface area contributed by atoms with Crippen LogP contribution in [-0.4, -0.2) is 16.8 Å². The van der Waals surface area contributed by atoms with Gasteiger partial charge in [-0.05, 0) is 17.5 Å². The predicted octanol–water partition coefficient (Wildman–Crippen LogP) is 1.68. The zero-order valence-corrected chi connectivity index (χ0v) is 10.3. The number of oxime groups is 1. The summed E-state index contributed by atoms with van der Waals surface area (Å²) in [5.41, 5.74) is 6.13. The Kier molecular flexibility index (Phi) is 4.20. The van der Waals surface area contributed by atoms with Crippen molar-refractivity contribution in [1.82, 2.24) is 4.98 Å². The summed E-state index contributed by atoms with van der Waals surface area (Å²) >= 11 is 0. The summed E-state index contributed by atoms with van der Waals surface area (Å²) in [6.07, 6.45) is 3.47. The van der Waals surface area contributed by atoms with E-state index in [2.05, 4.69) is 10.1 Å². The molecule has 1 heterocycles. The van der Waals surface area contributed by atoms with Crippen molar-refractivity contribution in [2.45, 2.75) is 27.2 Å². The van der Waals surface area contributed by atoms with Crippen LogP contribution in [0, 0.1) is 5.41 Å². The minimum absolute atomic E-state index is 0.129. The fraction of sp³-hybridized carbons (Fsp3) is 0.417. The van der Waals surface area contributed by atoms with Gasteiger partial charge in [0.2, 0.25) is 0 Å². The first-order valence-corrected chi connectivity index (χ1v) is 5.32. The maximum atomic E-state index is 11.4. The highest BCUT2D eigenvalue weighted by Crippen LogP contribution is 2.18. The topological polar surface area (TPSA) is 77.6 Å². The van der Waals surface area contributed by atoms with Crippen molar-refractivity contribution in [3.05, 3.63) is 30.1 Å². The van der Waals surface area contributed by atoms with Crippen molar-refractivity contribution in [3.63, 3.8) is 0 Å². The van der Waals surface area contributed by atoms with E-state index in [-0.39, 0.29) is 17.7 Å². The van der Waals surface area contributed by atoms with E-state index in [4.69, 9.17) is 10.6 Å². The van der Waals surface area contributed by atoms with Gasteiger partial charge < -0.3 is 10.6 Å². The molecule has 0 aliphatic carbocycles. The number of carbonyl (C=O) groups excluding carboxylic acids is 1. The number of nitrogens with zero attached hydrogens (tertiary/aromatic N) is 2. The number of carbonyl (C=O) groups is 1. The molecule has 0 radical (unpaired) electrons. The second-order valence-electron chi connectivity index (χ2n) is 4.92. The highest BCUT2D eigenvalue weighted by atomic mass is 16.7. The highest BCUT2D eigenvalue weighted by molar-refractivity contribution is 5.97. The summed E-state index contributed by atoms with van der Waals surface area (Å²) in [6.45, 7) is 5.84. The van der Waals surface area contributed by atoms with Gasteiger partial charge in [0.05, 0.1) is 6.42 Å². The monoisotopic (exact) mass is 235 g/mol. The number of pyridine rings is 1. The minimum Gasteiger partial charge on any atom is -0.380 e. The Balaban J connectivity index is 2.57. The minimum atomic E-state index is -0.399. The van der Waals surface area contributed by atoms with Crippen molar-refractivity contribution in [2.24, 2.45) is 16.3 Å². The molecular weight excluding hydrogens is 218 g/mol. The van der Waals surface area contributed by atoms with E-state index in [1.807, 2.05) is 20.8 Å². The third-order valence-corrected chi connectivity index (χ3v) is 1.88. The quantitative estimate of drug-likeness (QED) is 0.374. The lowest BCUT2D eigenvalue weighted by Gasteiger charge is -2.14. The molecule has 0 aliphatic heterocycles. The molecule has 0 amide bonds. The second-order valence-corrected chi connectivity index (χ2v) is 4.92. The summed E-state index contributed by atoms with van der Waals surface area (Å²) in [7, 11) is 0. The third kappa shape index (κ3) is 5.10. The Bertz CT molecular complexity index is 408. The number of nitrogens with two attached hydrogens (primary N) is 1. The maximum Gasteiger partial charge on any atom is 0.335 e. The Hall–Kier alpha value is -1.91. The van der Waals surface area contributed by atoms with Gasteiger partial charge in [0.15, 0.2) is 5.84 Å². The van der Waals surface area contributed by atoms with Crippen LogP contribution in [0.25, 0.3) is 0 Å². The lowest BCUT2D eigenvalue weighted by atomic mass is 9.93. The van der Waals surface area contributed by atoms with Crippen LogP contribution in [0.2, 0.25) is 0 Å². The molecule has 1 aromatic rings. The van der Waals surface area contributed by atoms with Gasteiger partial charge in [0.1, 0.15) is 0 Å². The van der Waals surface area contributed by atoms with E-state index >= 15 is 0 Å². The zero-order valence-electron chi connectivity index (χ0n) is 10.3. The van der Waals surface area contributed by atoms with E-state index in [1.165, 1.54) is 0 Å². The zero-order chi connectivity index (χ0) is 12.9. The Morgan fingerprint density at radius 2 is 2.24 bits per heavy atom. The number of aromatic nitrogens is 1. The molecule has 0 saturated heterocycles. The molecule has 0 atom stereocenters. The predicted molar refractivity (Wildman–Crippen MR) is 65.1 cm³/mol. The molecule has 0 spiro atoms. The molecule has 0 aliphatic rings. The van der Waals surface area contributed by atoms with Crippen LogP contribution in [0.15, 0.2) is 29.7 Å². The molecule has 5 nitrogen and oxygen atoms in total. The van der Waals surface area contributed by atoms with Crippen LogP contribution in [0.3, 0.4) is 0 Å². The number of rotatable bonds is 3. The van der Waals surface area contributed by atoms with Gasteiger partial charge in [-0.25, -0.2) is 4.79 Å². The molecule has 1 rings (SSSR count). The van der Waals surface area contributed by atoms with Crippen molar-refractivity contribution in [3.8, 4) is 0 Å². The van der Waals surface area contributed by atoms with E-state index in [0.29, 0.717) is 5.56 Å². The fourth-order valence-corrected chi connectivity index (χ4v) is 1.13. The van der Waals surface area contributed by atoms with Gasteiger partial charge in [-0.15, -0.1) is 0 Å². The van der Waals surface area contributed by atoms with E-state index in [0.717, 1.165) is 0 Å². The molecule has 92 valence electrons. The van der Waals surface area contributed by atoms with Crippen LogP contribution in [0.1, 0.15) is 32.8 Å². The first-order chi connectivity index (χ1) is 7.88. The third-order valence-electron chi connectivity index (χ3n) is 1.88. The molecular formula is C12H17N3O2. The average molecular weight is 235 g/mol. The summed E-state index contributed by atoms with van der Waals surface area (Å²) in [6, 6.07) is 3.47. The first-order valence-electron chi connectivity index (χ1n) is 5.32. The van der Waals surface area contributed by atoms with Crippen LogP contribution in [0.5, 0.6) is 0 Å². The summed E-state index contributed by atoms with van der Waals surface area (Å²) in [4.78, 5) is 20.0. The largest absolute Gasteiger partial charge is 0.380 e. The van der Waals surface area contributed by atoms with Crippen LogP contribution >= 0.6 is 0 Å². The molecule has 0 unspecified atom stereocenters. The van der Waals surface area contributed by atoms with E-state index in [9.17, 15) is 4.79 Å². The Morgan fingerprint density at radius 3 is 2.76 bits per heavy atom. The summed E-state index contributed by atoms with van der Waals surface area (Å²) in [5, 5.41) is 3.58. The smallest absolute Gasteiger partial charge is 0.335 e. The van der Waals surface area contributed by atoms with Crippen molar-refractivity contribution < 1.29 is 9.63 Å². The number of hydrogen-bond donors (Lipinski definition) is 1. The summed E-state index contributed by atoms with van der Waals surface area (Å²) < 4.78 is 0. The van der Waals surface area contributed by atoms with Crippen LogP contribution in [-0.2, 0) is 9.63 Å². The molecule has 17 heavy (non-hydrogen) atoms. The Labute approximate surface area is 101 Å². The van der Waals surface area contributed by atoms with Gasteiger partial charge in [-0.3, -0.25) is 4.98 Å². The molecule has 0 saturated carbocycles. The van der Waals surface area contributed by atoms with Crippen LogP contribution in [0.4, 0.5) is 0 Å². The van der Waals surface area contributed by atoms with E-state index < -0.39 is 5.97 Å². The standard InChI is InChI=1S/C12H17N3O2/c1-12(2,3)7-10(16)17-15-11(13)9-5-4-6-14-8-9/h4-6,8H,7H2,1-3H3,(H2,13,15). The normalized spacial score (nSPS) is 12.3. The SMILES string of the molecule is CC(C)(C)CC(=O)O/N=C(\N)c1cccnc1. The van der Waals surface area contributed by atoms with E-state index in [1.54, 1.807) is 24.5 Å². The lowest BCUT2D eigenvalue weighted by molar-refractivity contribution is -0.145. The van der Waals surface area contributed by atoms with Gasteiger partial charge >= 0.3 is 5.97 Å². The summed E-state index contributed by atoms with van der Waals surface area (Å²) in [5.74, 6) is -0.260. The second kappa shape index (κ2) is 5.43.